The normalized spacial score (nSPS) is 10.2. The standard InChI is InChI=1S/C13H11ClO2.C12H7Cl3O2/c1-9-2-7-13(12(15)8-9)16-11-5-3-10(14)4-6-11;13-7-1-3-11(9(15)5-7)17-12-4-2-8(14)6-10(12)16/h2-8,15H,1H3;1-6,16H. The topological polar surface area (TPSA) is 58.9 Å². The second kappa shape index (κ2) is 11.4. The minimum atomic E-state index is -0.0523. The first-order chi connectivity index (χ1) is 15.7. The Morgan fingerprint density at radius 2 is 1.06 bits per heavy atom. The minimum absolute atomic E-state index is 0.0523. The number of ether oxygens (including phenoxy) is 2. The Kier molecular flexibility index (Phi) is 8.59. The summed E-state index contributed by atoms with van der Waals surface area (Å²) in [4.78, 5) is 0. The van der Waals surface area contributed by atoms with Gasteiger partial charge in [0.1, 0.15) is 11.5 Å². The quantitative estimate of drug-likeness (QED) is 0.279. The zero-order chi connectivity index (χ0) is 24.0. The van der Waals surface area contributed by atoms with Gasteiger partial charge in [0.2, 0.25) is 0 Å². The monoisotopic (exact) mass is 522 g/mol. The third kappa shape index (κ3) is 7.37. The highest BCUT2D eigenvalue weighted by Crippen LogP contribution is 2.36. The molecule has 0 atom stereocenters. The van der Waals surface area contributed by atoms with Gasteiger partial charge in [0.25, 0.3) is 0 Å². The van der Waals surface area contributed by atoms with Crippen LogP contribution in [0.4, 0.5) is 0 Å². The van der Waals surface area contributed by atoms with E-state index in [0.29, 0.717) is 37.3 Å². The molecule has 4 nitrogen and oxygen atoms in total. The number of hydrogen-bond donors (Lipinski definition) is 2. The zero-order valence-electron chi connectivity index (χ0n) is 17.2. The maximum Gasteiger partial charge on any atom is 0.169 e. The SMILES string of the molecule is Cc1ccc(Oc2ccc(Cl)cc2)c(O)c1.Oc1cc(Cl)ccc1Oc1ccc(Cl)cc1Cl. The van der Waals surface area contributed by atoms with Crippen molar-refractivity contribution in [1.82, 2.24) is 0 Å². The molecule has 33 heavy (non-hydrogen) atoms. The fraction of sp³-hybridized carbons (Fsp3) is 0.0400. The lowest BCUT2D eigenvalue weighted by atomic mass is 10.2. The van der Waals surface area contributed by atoms with E-state index >= 15 is 0 Å². The van der Waals surface area contributed by atoms with Crippen LogP contribution in [0.15, 0.2) is 78.9 Å². The Labute approximate surface area is 211 Å². The van der Waals surface area contributed by atoms with Crippen LogP contribution in [0.3, 0.4) is 0 Å². The summed E-state index contributed by atoms with van der Waals surface area (Å²) in [5, 5.41) is 21.2. The van der Waals surface area contributed by atoms with Gasteiger partial charge in [-0.2, -0.15) is 0 Å². The Bertz CT molecular complexity index is 1190. The Morgan fingerprint density at radius 3 is 1.67 bits per heavy atom. The highest BCUT2D eigenvalue weighted by Gasteiger charge is 2.08. The number of aromatic hydroxyl groups is 2. The van der Waals surface area contributed by atoms with Crippen LogP contribution in [-0.2, 0) is 0 Å². The van der Waals surface area contributed by atoms with E-state index in [9.17, 15) is 10.2 Å². The van der Waals surface area contributed by atoms with Gasteiger partial charge in [-0.15, -0.1) is 0 Å². The molecule has 0 saturated heterocycles. The van der Waals surface area contributed by atoms with Crippen LogP contribution >= 0.6 is 46.4 Å². The molecule has 170 valence electrons. The van der Waals surface area contributed by atoms with Gasteiger partial charge in [0, 0.05) is 21.1 Å². The molecule has 0 saturated carbocycles. The fourth-order valence-electron chi connectivity index (χ4n) is 2.60. The molecule has 0 aliphatic carbocycles. The first-order valence-electron chi connectivity index (χ1n) is 9.56. The number of halogens is 4. The predicted molar refractivity (Wildman–Crippen MR) is 134 cm³/mol. The predicted octanol–water partition coefficient (Wildman–Crippen LogP) is 9.29. The van der Waals surface area contributed by atoms with Gasteiger partial charge in [-0.1, -0.05) is 52.5 Å². The second-order valence-corrected chi connectivity index (χ2v) is 8.53. The van der Waals surface area contributed by atoms with E-state index in [-0.39, 0.29) is 17.2 Å². The largest absolute Gasteiger partial charge is 0.504 e. The highest BCUT2D eigenvalue weighted by molar-refractivity contribution is 6.35. The maximum absolute atomic E-state index is 9.66. The van der Waals surface area contributed by atoms with Gasteiger partial charge in [0.15, 0.2) is 23.0 Å². The molecular formula is C25H18Cl4O4. The van der Waals surface area contributed by atoms with Crippen molar-refractivity contribution in [3.8, 4) is 34.5 Å². The first kappa shape index (κ1) is 24.9. The van der Waals surface area contributed by atoms with Crippen LogP contribution in [0, 0.1) is 6.92 Å². The van der Waals surface area contributed by atoms with Gasteiger partial charge in [-0.3, -0.25) is 0 Å². The maximum atomic E-state index is 9.66. The van der Waals surface area contributed by atoms with Crippen LogP contribution in [0.2, 0.25) is 20.1 Å². The molecule has 2 N–H and O–H groups in total. The summed E-state index contributed by atoms with van der Waals surface area (Å²) in [7, 11) is 0. The van der Waals surface area contributed by atoms with E-state index < -0.39 is 0 Å². The van der Waals surface area contributed by atoms with Gasteiger partial charge in [-0.05, 0) is 79.2 Å². The lowest BCUT2D eigenvalue weighted by Crippen LogP contribution is -1.86. The molecule has 0 radical (unpaired) electrons. The molecule has 4 aromatic carbocycles. The minimum Gasteiger partial charge on any atom is -0.504 e. The third-order valence-electron chi connectivity index (χ3n) is 4.19. The molecule has 0 fully saturated rings. The first-order valence-corrected chi connectivity index (χ1v) is 11.1. The van der Waals surface area contributed by atoms with Crippen molar-refractivity contribution < 1.29 is 19.7 Å². The van der Waals surface area contributed by atoms with Crippen LogP contribution in [-0.4, -0.2) is 10.2 Å². The zero-order valence-corrected chi connectivity index (χ0v) is 20.3. The molecule has 0 aliphatic heterocycles. The van der Waals surface area contributed by atoms with Crippen molar-refractivity contribution in [1.29, 1.82) is 0 Å². The van der Waals surface area contributed by atoms with Crippen molar-refractivity contribution >= 4 is 46.4 Å². The molecule has 4 rings (SSSR count). The van der Waals surface area contributed by atoms with Crippen LogP contribution < -0.4 is 9.47 Å². The average Bonchev–Trinajstić information content (AvgIpc) is 2.76. The van der Waals surface area contributed by atoms with Gasteiger partial charge < -0.3 is 19.7 Å². The molecule has 0 unspecified atom stereocenters. The lowest BCUT2D eigenvalue weighted by Gasteiger charge is -2.09. The molecule has 0 amide bonds. The number of phenols is 2. The van der Waals surface area contributed by atoms with Crippen LogP contribution in [0.1, 0.15) is 5.56 Å². The Morgan fingerprint density at radius 1 is 0.545 bits per heavy atom. The summed E-state index contributed by atoms with van der Waals surface area (Å²) < 4.78 is 11.0. The number of aryl methyl sites for hydroxylation is 1. The van der Waals surface area contributed by atoms with Crippen molar-refractivity contribution in [2.45, 2.75) is 6.92 Å². The van der Waals surface area contributed by atoms with E-state index in [1.807, 2.05) is 13.0 Å². The van der Waals surface area contributed by atoms with Gasteiger partial charge in [0.05, 0.1) is 5.02 Å². The summed E-state index contributed by atoms with van der Waals surface area (Å²) >= 11 is 23.2. The van der Waals surface area contributed by atoms with Crippen molar-refractivity contribution in [2.24, 2.45) is 0 Å². The lowest BCUT2D eigenvalue weighted by molar-refractivity contribution is 0.411. The van der Waals surface area contributed by atoms with E-state index in [4.69, 9.17) is 55.9 Å². The molecule has 4 aromatic rings. The second-order valence-electron chi connectivity index (χ2n) is 6.82. The van der Waals surface area contributed by atoms with E-state index in [1.165, 1.54) is 6.07 Å². The smallest absolute Gasteiger partial charge is 0.169 e. The number of rotatable bonds is 4. The van der Waals surface area contributed by atoms with Gasteiger partial charge >= 0.3 is 0 Å². The van der Waals surface area contributed by atoms with Crippen molar-refractivity contribution in [3.05, 3.63) is 105 Å². The molecule has 0 spiro atoms. The van der Waals surface area contributed by atoms with Crippen LogP contribution in [0.5, 0.6) is 34.5 Å². The highest BCUT2D eigenvalue weighted by atomic mass is 35.5. The third-order valence-corrected chi connectivity index (χ3v) is 5.21. The summed E-state index contributed by atoms with van der Waals surface area (Å²) in [6.07, 6.45) is 0. The van der Waals surface area contributed by atoms with Crippen molar-refractivity contribution in [3.63, 3.8) is 0 Å². The number of hydrogen-bond acceptors (Lipinski definition) is 4. The fourth-order valence-corrected chi connectivity index (χ4v) is 3.34. The molecule has 8 heteroatoms. The molecule has 0 aliphatic rings. The molecule has 0 heterocycles. The summed E-state index contributed by atoms with van der Waals surface area (Å²) in [5.74, 6) is 1.85. The molecule has 0 aromatic heterocycles. The molecular weight excluding hydrogens is 506 g/mol. The number of benzene rings is 4. The van der Waals surface area contributed by atoms with Crippen molar-refractivity contribution in [2.75, 3.05) is 0 Å². The summed E-state index contributed by atoms with van der Waals surface area (Å²) in [6, 6.07) is 21.6. The average molecular weight is 524 g/mol. The summed E-state index contributed by atoms with van der Waals surface area (Å²) in [5.41, 5.74) is 0.987. The number of phenolic OH excluding ortho intramolecular Hbond substituents is 2. The van der Waals surface area contributed by atoms with E-state index in [1.54, 1.807) is 66.7 Å². The Balaban J connectivity index is 0.000000186. The van der Waals surface area contributed by atoms with Gasteiger partial charge in [-0.25, -0.2) is 0 Å². The Hall–Kier alpha value is -2.76. The van der Waals surface area contributed by atoms with Crippen LogP contribution in [0.25, 0.3) is 0 Å². The van der Waals surface area contributed by atoms with E-state index in [0.717, 1.165) is 5.56 Å². The molecule has 0 bridgehead atoms. The summed E-state index contributed by atoms with van der Waals surface area (Å²) in [6.45, 7) is 1.91. The van der Waals surface area contributed by atoms with E-state index in [2.05, 4.69) is 0 Å².